The van der Waals surface area contributed by atoms with E-state index in [1.165, 1.54) is 0 Å². The number of fused-ring (bicyclic) bond motifs is 3. The fraction of sp³-hybridized carbons (Fsp3) is 0.636. The number of morpholine rings is 1. The maximum absolute atomic E-state index is 12.7. The molecule has 170 valence electrons. The minimum Gasteiger partial charge on any atom is -0.487 e. The van der Waals surface area contributed by atoms with Crippen LogP contribution in [0.5, 0.6) is 5.75 Å². The smallest absolute Gasteiger partial charge is 0.238 e. The van der Waals surface area contributed by atoms with Gasteiger partial charge < -0.3 is 34.4 Å². The molecule has 2 fully saturated rings. The minimum atomic E-state index is -0.500. The normalized spacial score (nSPS) is 27.4. The molecule has 3 aliphatic heterocycles. The van der Waals surface area contributed by atoms with Crippen LogP contribution in [0.1, 0.15) is 24.3 Å². The van der Waals surface area contributed by atoms with E-state index in [4.69, 9.17) is 14.2 Å². The molecule has 1 aromatic carbocycles. The molecule has 4 atom stereocenters. The largest absolute Gasteiger partial charge is 0.487 e. The van der Waals surface area contributed by atoms with Crippen LogP contribution in [-0.4, -0.2) is 98.6 Å². The molecule has 0 radical (unpaired) electrons. The zero-order valence-electron chi connectivity index (χ0n) is 18.1. The Hall–Kier alpha value is -2.20. The van der Waals surface area contributed by atoms with Crippen LogP contribution >= 0.6 is 0 Å². The number of carbonyl (C=O) groups is 2. The van der Waals surface area contributed by atoms with Gasteiger partial charge in [-0.3, -0.25) is 9.59 Å². The molecule has 2 saturated heterocycles. The number of anilines is 1. The zero-order valence-corrected chi connectivity index (χ0v) is 18.1. The number of amides is 2. The van der Waals surface area contributed by atoms with Crippen LogP contribution in [0.2, 0.25) is 0 Å². The first-order valence-electron chi connectivity index (χ1n) is 10.8. The SMILES string of the molecule is CN(C)CC(=O)Nc1ccc2c(c1)[C@H]1C[C@@H](CC(=O)N3CCOCC3)O[C@H](CO)[C@H]1O2. The molecule has 0 unspecified atom stereocenters. The summed E-state index contributed by atoms with van der Waals surface area (Å²) in [6.07, 6.45) is -0.202. The number of aliphatic hydroxyl groups excluding tert-OH is 1. The first-order valence-corrected chi connectivity index (χ1v) is 10.8. The molecule has 3 aliphatic rings. The van der Waals surface area contributed by atoms with Crippen molar-refractivity contribution in [2.24, 2.45) is 0 Å². The second-order valence-corrected chi connectivity index (χ2v) is 8.64. The lowest BCUT2D eigenvalue weighted by molar-refractivity contribution is -0.151. The number of nitrogens with zero attached hydrogens (tertiary/aromatic N) is 2. The lowest BCUT2D eigenvalue weighted by Crippen LogP contribution is -2.48. The van der Waals surface area contributed by atoms with Gasteiger partial charge in [0.05, 0.1) is 38.9 Å². The minimum absolute atomic E-state index is 0.00547. The summed E-state index contributed by atoms with van der Waals surface area (Å²) in [5, 5.41) is 12.8. The summed E-state index contributed by atoms with van der Waals surface area (Å²) in [4.78, 5) is 28.5. The van der Waals surface area contributed by atoms with Gasteiger partial charge in [-0.05, 0) is 38.7 Å². The Bertz CT molecular complexity index is 810. The van der Waals surface area contributed by atoms with Crippen molar-refractivity contribution >= 4 is 17.5 Å². The molecule has 2 amide bonds. The molecule has 0 spiro atoms. The summed E-state index contributed by atoms with van der Waals surface area (Å²) in [6.45, 7) is 2.44. The molecule has 9 heteroatoms. The first kappa shape index (κ1) is 22.0. The van der Waals surface area contributed by atoms with Crippen molar-refractivity contribution in [2.75, 3.05) is 58.9 Å². The van der Waals surface area contributed by atoms with Gasteiger partial charge in [-0.25, -0.2) is 0 Å². The fourth-order valence-corrected chi connectivity index (χ4v) is 4.59. The molecule has 2 N–H and O–H groups in total. The van der Waals surface area contributed by atoms with E-state index in [-0.39, 0.29) is 43.0 Å². The third kappa shape index (κ3) is 5.01. The Kier molecular flexibility index (Phi) is 6.76. The Morgan fingerprint density at radius 3 is 2.74 bits per heavy atom. The van der Waals surface area contributed by atoms with Crippen LogP contribution in [0.15, 0.2) is 18.2 Å². The van der Waals surface area contributed by atoms with E-state index in [0.717, 1.165) is 11.3 Å². The molecule has 1 aromatic rings. The number of hydrogen-bond donors (Lipinski definition) is 2. The number of carbonyl (C=O) groups excluding carboxylic acids is 2. The highest BCUT2D eigenvalue weighted by Gasteiger charge is 2.46. The summed E-state index contributed by atoms with van der Waals surface area (Å²) in [5.74, 6) is 0.693. The number of likely N-dealkylation sites (N-methyl/N-ethyl adjacent to an activating group) is 1. The fourth-order valence-electron chi connectivity index (χ4n) is 4.59. The Morgan fingerprint density at radius 1 is 1.26 bits per heavy atom. The zero-order chi connectivity index (χ0) is 22.0. The molecule has 9 nitrogen and oxygen atoms in total. The van der Waals surface area contributed by atoms with Crippen molar-refractivity contribution in [1.29, 1.82) is 0 Å². The van der Waals surface area contributed by atoms with E-state index in [2.05, 4.69) is 5.32 Å². The van der Waals surface area contributed by atoms with E-state index < -0.39 is 6.10 Å². The van der Waals surface area contributed by atoms with Gasteiger partial charge in [0.2, 0.25) is 11.8 Å². The van der Waals surface area contributed by atoms with Gasteiger partial charge in [0.15, 0.2) is 0 Å². The van der Waals surface area contributed by atoms with Gasteiger partial charge in [-0.15, -0.1) is 0 Å². The van der Waals surface area contributed by atoms with Gasteiger partial charge in [-0.2, -0.15) is 0 Å². The van der Waals surface area contributed by atoms with Gasteiger partial charge in [0.1, 0.15) is 18.0 Å². The Balaban J connectivity index is 1.47. The summed E-state index contributed by atoms with van der Waals surface area (Å²) < 4.78 is 17.5. The Labute approximate surface area is 182 Å². The van der Waals surface area contributed by atoms with Crippen LogP contribution in [0, 0.1) is 0 Å². The van der Waals surface area contributed by atoms with Crippen molar-refractivity contribution in [3.63, 3.8) is 0 Å². The molecule has 3 heterocycles. The molecule has 0 saturated carbocycles. The summed E-state index contributed by atoms with van der Waals surface area (Å²) in [6, 6.07) is 5.60. The van der Waals surface area contributed by atoms with Crippen molar-refractivity contribution in [2.45, 2.75) is 37.1 Å². The van der Waals surface area contributed by atoms with Crippen molar-refractivity contribution in [3.05, 3.63) is 23.8 Å². The van der Waals surface area contributed by atoms with Gasteiger partial charge in [0.25, 0.3) is 0 Å². The van der Waals surface area contributed by atoms with E-state index >= 15 is 0 Å². The molecule has 4 rings (SSSR count). The molecule has 0 bridgehead atoms. The highest BCUT2D eigenvalue weighted by atomic mass is 16.6. The number of nitrogens with one attached hydrogen (secondary N) is 1. The third-order valence-corrected chi connectivity index (χ3v) is 6.01. The summed E-state index contributed by atoms with van der Waals surface area (Å²) >= 11 is 0. The number of hydrogen-bond acceptors (Lipinski definition) is 7. The topological polar surface area (TPSA) is 101 Å². The first-order chi connectivity index (χ1) is 14.9. The van der Waals surface area contributed by atoms with Crippen molar-refractivity contribution in [3.8, 4) is 5.75 Å². The highest BCUT2D eigenvalue weighted by Crippen LogP contribution is 2.47. The highest BCUT2D eigenvalue weighted by molar-refractivity contribution is 5.92. The second-order valence-electron chi connectivity index (χ2n) is 8.64. The van der Waals surface area contributed by atoms with Crippen LogP contribution in [-0.2, 0) is 19.1 Å². The van der Waals surface area contributed by atoms with Crippen LogP contribution in [0.3, 0.4) is 0 Å². The van der Waals surface area contributed by atoms with Gasteiger partial charge in [-0.1, -0.05) is 0 Å². The lowest BCUT2D eigenvalue weighted by Gasteiger charge is -2.38. The van der Waals surface area contributed by atoms with Gasteiger partial charge in [0, 0.05) is 30.3 Å². The monoisotopic (exact) mass is 433 g/mol. The van der Waals surface area contributed by atoms with Crippen LogP contribution in [0.25, 0.3) is 0 Å². The molecular weight excluding hydrogens is 402 g/mol. The van der Waals surface area contributed by atoms with Crippen molar-refractivity contribution < 1.29 is 28.9 Å². The molecule has 0 aromatic heterocycles. The maximum atomic E-state index is 12.7. The number of benzene rings is 1. The lowest BCUT2D eigenvalue weighted by atomic mass is 9.84. The van der Waals surface area contributed by atoms with Crippen molar-refractivity contribution in [1.82, 2.24) is 9.80 Å². The number of rotatable bonds is 6. The summed E-state index contributed by atoms with van der Waals surface area (Å²) in [5.41, 5.74) is 1.70. The molecule has 31 heavy (non-hydrogen) atoms. The molecular formula is C22H31N3O6. The number of aliphatic hydroxyl groups is 1. The van der Waals surface area contributed by atoms with E-state index in [0.29, 0.717) is 45.0 Å². The van der Waals surface area contributed by atoms with Crippen LogP contribution in [0.4, 0.5) is 5.69 Å². The maximum Gasteiger partial charge on any atom is 0.238 e. The Morgan fingerprint density at radius 2 is 2.03 bits per heavy atom. The predicted octanol–water partition coefficient (Wildman–Crippen LogP) is 0.430. The molecule has 0 aliphatic carbocycles. The predicted molar refractivity (Wildman–Crippen MR) is 113 cm³/mol. The average Bonchev–Trinajstić information content (AvgIpc) is 3.11. The van der Waals surface area contributed by atoms with E-state index in [1.807, 2.05) is 42.1 Å². The van der Waals surface area contributed by atoms with Gasteiger partial charge >= 0.3 is 0 Å². The van der Waals surface area contributed by atoms with E-state index in [9.17, 15) is 14.7 Å². The average molecular weight is 434 g/mol. The van der Waals surface area contributed by atoms with Crippen LogP contribution < -0.4 is 10.1 Å². The second kappa shape index (κ2) is 9.52. The quantitative estimate of drug-likeness (QED) is 0.671. The third-order valence-electron chi connectivity index (χ3n) is 6.01. The van der Waals surface area contributed by atoms with E-state index in [1.54, 1.807) is 0 Å². The standard InChI is InChI=1S/C22H31N3O6/c1-24(2)12-20(27)23-14-3-4-18-16(9-14)17-10-15(30-19(13-26)22(17)31-18)11-21(28)25-5-7-29-8-6-25/h3-4,9,15,17,19,22,26H,5-8,10-13H2,1-2H3,(H,23,27)/t15-,17+,19+,22-/m0/s1. The summed E-state index contributed by atoms with van der Waals surface area (Å²) in [7, 11) is 3.69. The number of ether oxygens (including phenoxy) is 3.